The smallest absolute Gasteiger partial charge is 0.399 e. The number of halogens is 1. The molecule has 0 atom stereocenters. The summed E-state index contributed by atoms with van der Waals surface area (Å²) in [4.78, 5) is 29.7. The van der Waals surface area contributed by atoms with Crippen molar-refractivity contribution in [2.24, 2.45) is 0 Å². The second-order valence-electron chi connectivity index (χ2n) is 35.3. The lowest BCUT2D eigenvalue weighted by atomic mass is 9.66. The first-order chi connectivity index (χ1) is 66.7. The predicted octanol–water partition coefficient (Wildman–Crippen LogP) is 29.8. The lowest BCUT2D eigenvalue weighted by molar-refractivity contribution is 0.00578. The molecule has 20 aromatic rings. The molecule has 0 radical (unpaired) electrons. The number of nitrogens with zero attached hydrogens (tertiary/aromatic N) is 8. The highest BCUT2D eigenvalue weighted by atomic mass is 35.5. The number of benzene rings is 18. The van der Waals surface area contributed by atoms with Gasteiger partial charge in [-0.25, -0.2) is 29.9 Å². The zero-order valence-electron chi connectivity index (χ0n) is 75.2. The van der Waals surface area contributed by atoms with Gasteiger partial charge in [-0.05, 0) is 210 Å². The van der Waals surface area contributed by atoms with E-state index in [9.17, 15) is 10.5 Å². The number of fused-ring (bicyclic) bond motifs is 6. The fraction of sp³-hybridized carbons (Fsp3) is 0.0720. The van der Waals surface area contributed by atoms with Crippen molar-refractivity contribution >= 4 is 24.2 Å². The van der Waals surface area contributed by atoms with E-state index >= 15 is 0 Å². The maximum absolute atomic E-state index is 10.1. The lowest BCUT2D eigenvalue weighted by Crippen LogP contribution is -2.41. The Morgan fingerprint density at radius 1 is 0.226 bits per heavy atom. The van der Waals surface area contributed by atoms with Crippen molar-refractivity contribution in [3.05, 3.63) is 522 Å². The van der Waals surface area contributed by atoms with Gasteiger partial charge in [0.2, 0.25) is 0 Å². The van der Waals surface area contributed by atoms with E-state index in [2.05, 4.69) is 355 Å². The molecular formula is C125H92BClN8O2. The SMILES string of the molecule is C.CC1(C)OB(c2ccc3c(c2)C(c2ccccc2)(c2ccccc2)c2cc(C#N)ccc2-3)OC1(C)C.Clc1ccc(-c2cccc(-c3nc(-c4ccccc4)nc(-c4ccc(-c5ccccc5)cc4)n3)c2)cc1.N#Cc1ccc2c(c1)C(c1ccccc1)(c1ccccc1)c1cc(-c3ccc(-c4cccc(-c5nc(-c6ccccc6)nc(-c6ccc(-c7ccccc7)cc6)n5)c4)cc3)ccc1-2. The molecule has 0 unspecified atom stereocenters. The fourth-order valence-corrected chi connectivity index (χ4v) is 19.3. The van der Waals surface area contributed by atoms with E-state index in [1.54, 1.807) is 0 Å². The molecule has 3 aliphatic rings. The zero-order valence-corrected chi connectivity index (χ0v) is 76.0. The lowest BCUT2D eigenvalue weighted by Gasteiger charge is -2.34. The molecule has 1 aliphatic heterocycles. The summed E-state index contributed by atoms with van der Waals surface area (Å²) in [5.41, 5.74) is 31.0. The number of hydrogen-bond acceptors (Lipinski definition) is 10. The van der Waals surface area contributed by atoms with Crippen LogP contribution >= 0.6 is 11.6 Å². The second-order valence-corrected chi connectivity index (χ2v) is 35.8. The Kier molecular flexibility index (Phi) is 24.3. The van der Waals surface area contributed by atoms with E-state index in [1.807, 2.05) is 146 Å². The van der Waals surface area contributed by atoms with Gasteiger partial charge in [0.1, 0.15) is 0 Å². The topological polar surface area (TPSA) is 143 Å². The molecule has 137 heavy (non-hydrogen) atoms. The molecule has 18 aromatic carbocycles. The van der Waals surface area contributed by atoms with Crippen molar-refractivity contribution in [3.8, 4) is 158 Å². The molecule has 0 bridgehead atoms. The van der Waals surface area contributed by atoms with E-state index in [0.29, 0.717) is 51.1 Å². The average molecular weight is 1780 g/mol. The summed E-state index contributed by atoms with van der Waals surface area (Å²) >= 11 is 6.10. The van der Waals surface area contributed by atoms with Crippen LogP contribution in [0.4, 0.5) is 0 Å². The molecule has 1 saturated heterocycles. The molecular weight excluding hydrogens is 1690 g/mol. The van der Waals surface area contributed by atoms with E-state index in [-0.39, 0.29) is 7.43 Å². The maximum atomic E-state index is 10.1. The van der Waals surface area contributed by atoms with Gasteiger partial charge < -0.3 is 9.31 Å². The van der Waals surface area contributed by atoms with Gasteiger partial charge in [0, 0.05) is 38.4 Å². The Labute approximate surface area is 805 Å². The quantitative estimate of drug-likeness (QED) is 0.0858. The van der Waals surface area contributed by atoms with Crippen molar-refractivity contribution in [3.63, 3.8) is 0 Å². The molecule has 23 rings (SSSR count). The van der Waals surface area contributed by atoms with Gasteiger partial charge in [0.15, 0.2) is 34.9 Å². The molecule has 2 aliphatic carbocycles. The number of aromatic nitrogens is 6. The molecule has 654 valence electrons. The van der Waals surface area contributed by atoms with Crippen molar-refractivity contribution in [2.75, 3.05) is 0 Å². The first-order valence-electron chi connectivity index (χ1n) is 45.7. The van der Waals surface area contributed by atoms with Crippen LogP contribution in [0.3, 0.4) is 0 Å². The third-order valence-corrected chi connectivity index (χ3v) is 27.0. The van der Waals surface area contributed by atoms with E-state index < -0.39 is 29.2 Å². The summed E-state index contributed by atoms with van der Waals surface area (Å²) in [5, 5.41) is 20.6. The van der Waals surface area contributed by atoms with Gasteiger partial charge in [-0.15, -0.1) is 0 Å². The Balaban J connectivity index is 0.000000135. The summed E-state index contributed by atoms with van der Waals surface area (Å²) in [5.74, 6) is 3.78. The van der Waals surface area contributed by atoms with Crippen LogP contribution in [0.5, 0.6) is 0 Å². The van der Waals surface area contributed by atoms with Crippen LogP contribution in [-0.4, -0.2) is 48.2 Å². The Hall–Kier alpha value is -16.8. The van der Waals surface area contributed by atoms with Crippen LogP contribution in [0.1, 0.15) is 90.8 Å². The Morgan fingerprint density at radius 2 is 0.453 bits per heavy atom. The second kappa shape index (κ2) is 37.7. The monoisotopic (exact) mass is 1780 g/mol. The van der Waals surface area contributed by atoms with Crippen LogP contribution in [-0.2, 0) is 20.1 Å². The third-order valence-electron chi connectivity index (χ3n) is 26.7. The van der Waals surface area contributed by atoms with Gasteiger partial charge in [0.25, 0.3) is 0 Å². The van der Waals surface area contributed by atoms with Crippen LogP contribution < -0.4 is 5.46 Å². The Bertz CT molecular complexity index is 7790. The minimum atomic E-state index is -0.600. The predicted molar refractivity (Wildman–Crippen MR) is 557 cm³/mol. The van der Waals surface area contributed by atoms with Crippen molar-refractivity contribution < 1.29 is 9.31 Å². The molecule has 0 amide bonds. The number of rotatable bonds is 16. The molecule has 3 heterocycles. The summed E-state index contributed by atoms with van der Waals surface area (Å²) in [6.45, 7) is 8.32. The minimum Gasteiger partial charge on any atom is -0.399 e. The molecule has 0 saturated carbocycles. The normalized spacial score (nSPS) is 13.4. The Morgan fingerprint density at radius 3 is 0.788 bits per heavy atom. The first-order valence-corrected chi connectivity index (χ1v) is 46.0. The van der Waals surface area contributed by atoms with Crippen molar-refractivity contribution in [1.29, 1.82) is 10.5 Å². The van der Waals surface area contributed by atoms with Crippen LogP contribution in [0.25, 0.3) is 146 Å². The third kappa shape index (κ3) is 17.0. The molecule has 2 aromatic heterocycles. The van der Waals surface area contributed by atoms with Gasteiger partial charge in [-0.3, -0.25) is 0 Å². The molecule has 0 spiro atoms. The van der Waals surface area contributed by atoms with Gasteiger partial charge in [-0.1, -0.05) is 425 Å². The summed E-state index contributed by atoms with van der Waals surface area (Å²) in [7, 11) is -0.456. The van der Waals surface area contributed by atoms with Gasteiger partial charge in [0.05, 0.1) is 45.3 Å². The highest BCUT2D eigenvalue weighted by Gasteiger charge is 2.54. The standard InChI is InChI=1S/C59H38N4.C33H22ClN3.C32H28BNO2.CH4/c60-39-40-24-34-52-53-35-33-48(38-55(53)59(54(52)36-40,50-20-9-3-10-21-50)51-22-11-4-12-23-51)44-27-25-43(26-28-44)47-18-13-19-49(37-47)58-62-56(45-16-7-2-8-17-45)61-57(63-58)46-31-29-42(30-32-46)41-14-5-1-6-15-41;34-30-20-18-25(19-21-30)28-12-7-13-29(22-28)33-36-31(26-10-5-2-6-11-26)35-32(37-33)27-16-14-24(15-17-27)23-8-3-1-4-9-23;1-30(2)31(3,4)36-33(35-30)25-16-18-27-26-17-15-22(21-34)19-28(26)32(29(27)20-25,23-11-7-5-8-12-23)24-13-9-6-10-14-24;/h1-38H;1-22H;5-20H,1-4H3;1H4. The highest BCUT2D eigenvalue weighted by Crippen LogP contribution is 2.59. The van der Waals surface area contributed by atoms with Gasteiger partial charge >= 0.3 is 7.12 Å². The van der Waals surface area contributed by atoms with Crippen LogP contribution in [0.15, 0.2) is 461 Å². The van der Waals surface area contributed by atoms with E-state index in [0.717, 1.165) is 122 Å². The molecule has 1 fully saturated rings. The maximum Gasteiger partial charge on any atom is 0.494 e. The molecule has 12 heteroatoms. The first kappa shape index (κ1) is 88.2. The highest BCUT2D eigenvalue weighted by molar-refractivity contribution is 6.62. The van der Waals surface area contributed by atoms with Crippen LogP contribution in [0.2, 0.25) is 5.02 Å². The molecule has 0 N–H and O–H groups in total. The zero-order chi connectivity index (χ0) is 92.3. The minimum absolute atomic E-state index is 0. The number of hydrogen-bond donors (Lipinski definition) is 0. The van der Waals surface area contributed by atoms with Crippen molar-refractivity contribution in [1.82, 2.24) is 29.9 Å². The average Bonchev–Trinajstić information content (AvgIpc) is 1.54. The summed E-state index contributed by atoms with van der Waals surface area (Å²) in [6.07, 6.45) is 0. The summed E-state index contributed by atoms with van der Waals surface area (Å²) < 4.78 is 12.9. The molecule has 10 nitrogen and oxygen atoms in total. The van der Waals surface area contributed by atoms with Crippen molar-refractivity contribution in [2.45, 2.75) is 57.2 Å². The summed E-state index contributed by atoms with van der Waals surface area (Å²) in [6, 6.07) is 164. The fourth-order valence-electron chi connectivity index (χ4n) is 19.2. The van der Waals surface area contributed by atoms with E-state index in [4.69, 9.17) is 50.8 Å². The van der Waals surface area contributed by atoms with Gasteiger partial charge in [-0.2, -0.15) is 10.5 Å². The number of nitriles is 2. The largest absolute Gasteiger partial charge is 0.494 e. The van der Waals surface area contributed by atoms with Crippen LogP contribution in [0, 0.1) is 22.7 Å². The van der Waals surface area contributed by atoms with E-state index in [1.165, 1.54) is 38.9 Å².